The molecule has 0 aliphatic rings. The van der Waals surface area contributed by atoms with Crippen molar-refractivity contribution in [1.29, 1.82) is 0 Å². The van der Waals surface area contributed by atoms with Gasteiger partial charge in [-0.1, -0.05) is 48.0 Å². The van der Waals surface area contributed by atoms with Crippen LogP contribution in [0.2, 0.25) is 5.02 Å². The summed E-state index contributed by atoms with van der Waals surface area (Å²) in [5.41, 5.74) is 1.05. The van der Waals surface area contributed by atoms with Gasteiger partial charge in [-0.2, -0.15) is 14.6 Å². The van der Waals surface area contributed by atoms with E-state index in [9.17, 15) is 9.59 Å². The Morgan fingerprint density at radius 1 is 1.12 bits per heavy atom. The van der Waals surface area contributed by atoms with Crippen LogP contribution in [0.1, 0.15) is 16.1 Å². The molecule has 3 heterocycles. The lowest BCUT2D eigenvalue weighted by molar-refractivity contribution is 0.102. The summed E-state index contributed by atoms with van der Waals surface area (Å²) in [4.78, 5) is 32.9. The van der Waals surface area contributed by atoms with E-state index in [0.717, 1.165) is 5.56 Å². The Kier molecular flexibility index (Phi) is 5.56. The third-order valence-electron chi connectivity index (χ3n) is 4.96. The van der Waals surface area contributed by atoms with Crippen molar-refractivity contribution < 1.29 is 9.53 Å². The number of hydrogen-bond donors (Lipinski definition) is 2. The van der Waals surface area contributed by atoms with E-state index in [4.69, 9.17) is 16.3 Å². The molecule has 170 valence electrons. The Hall–Kier alpha value is -4.44. The maximum Gasteiger partial charge on any atom is 0.276 e. The fourth-order valence-electron chi connectivity index (χ4n) is 3.38. The van der Waals surface area contributed by atoms with Gasteiger partial charge in [0.2, 0.25) is 5.78 Å². The number of rotatable bonds is 6. The number of halogens is 1. The number of benzene rings is 2. The molecule has 5 aromatic rings. The highest BCUT2D eigenvalue weighted by Crippen LogP contribution is 2.28. The van der Waals surface area contributed by atoms with Crippen molar-refractivity contribution in [3.63, 3.8) is 0 Å². The molecule has 0 spiro atoms. The van der Waals surface area contributed by atoms with Crippen LogP contribution in [0.25, 0.3) is 17.2 Å². The van der Waals surface area contributed by atoms with Gasteiger partial charge in [-0.25, -0.2) is 0 Å². The first-order chi connectivity index (χ1) is 16.5. The summed E-state index contributed by atoms with van der Waals surface area (Å²) in [6.45, 7) is -0.0243. The first kappa shape index (κ1) is 21.4. The fraction of sp³-hybridized carbons (Fsp3) is 0.0870. The first-order valence-corrected chi connectivity index (χ1v) is 10.6. The predicted molar refractivity (Wildman–Crippen MR) is 126 cm³/mol. The number of carbonyl (C=O) groups excluding carboxylic acids is 1. The molecule has 0 fully saturated rings. The number of fused-ring (bicyclic) bond motifs is 1. The highest BCUT2D eigenvalue weighted by molar-refractivity contribution is 6.34. The normalized spacial score (nSPS) is 11.0. The summed E-state index contributed by atoms with van der Waals surface area (Å²) in [6.07, 6.45) is 1.71. The summed E-state index contributed by atoms with van der Waals surface area (Å²) >= 11 is 6.30. The summed E-state index contributed by atoms with van der Waals surface area (Å²) in [5, 5.41) is 11.3. The van der Waals surface area contributed by atoms with E-state index in [0.29, 0.717) is 17.3 Å². The van der Waals surface area contributed by atoms with Crippen molar-refractivity contribution in [3.05, 3.63) is 93.5 Å². The molecule has 0 aliphatic heterocycles. The Labute approximate surface area is 197 Å². The molecule has 0 aliphatic carbocycles. The summed E-state index contributed by atoms with van der Waals surface area (Å²) in [6, 6.07) is 17.3. The quantitative estimate of drug-likeness (QED) is 0.389. The van der Waals surface area contributed by atoms with Gasteiger partial charge in [-0.3, -0.25) is 14.3 Å². The molecule has 11 heteroatoms. The number of hydrogen-bond acceptors (Lipinski definition) is 6. The summed E-state index contributed by atoms with van der Waals surface area (Å²) in [7, 11) is 1.75. The standard InChI is InChI=1S/C23H18ClN7O3/c1-30-11-10-18(28-30)26-22(33)20-16(24)8-5-9-17(20)34-13-15-12-19(32)31-23(25-15)27-21(29-31)14-6-3-2-4-7-14/h2-12H,13H2,1H3,(H,25,27,29)(H,26,28,33). The first-order valence-electron chi connectivity index (χ1n) is 10.2. The molecular formula is C23H18ClN7O3. The molecule has 0 saturated carbocycles. The van der Waals surface area contributed by atoms with Gasteiger partial charge in [0.1, 0.15) is 17.9 Å². The van der Waals surface area contributed by atoms with Crippen LogP contribution in [-0.2, 0) is 13.7 Å². The van der Waals surface area contributed by atoms with Crippen LogP contribution in [0.15, 0.2) is 71.7 Å². The van der Waals surface area contributed by atoms with Gasteiger partial charge >= 0.3 is 0 Å². The lowest BCUT2D eigenvalue weighted by Gasteiger charge is -2.12. The molecule has 1 amide bonds. The van der Waals surface area contributed by atoms with Crippen LogP contribution in [0.5, 0.6) is 5.75 Å². The van der Waals surface area contributed by atoms with Crippen LogP contribution in [-0.4, -0.2) is 35.3 Å². The molecule has 2 N–H and O–H groups in total. The number of amides is 1. The predicted octanol–water partition coefficient (Wildman–Crippen LogP) is 3.30. The van der Waals surface area contributed by atoms with E-state index < -0.39 is 5.91 Å². The van der Waals surface area contributed by atoms with Gasteiger partial charge in [-0.05, 0) is 12.1 Å². The van der Waals surface area contributed by atoms with Crippen molar-refractivity contribution in [2.75, 3.05) is 5.32 Å². The fourth-order valence-corrected chi connectivity index (χ4v) is 3.64. The van der Waals surface area contributed by atoms with Gasteiger partial charge < -0.3 is 15.0 Å². The largest absolute Gasteiger partial charge is 0.486 e. The van der Waals surface area contributed by atoms with E-state index in [2.05, 4.69) is 25.5 Å². The molecule has 5 rings (SSSR count). The number of carbonyl (C=O) groups is 1. The molecule has 2 aromatic carbocycles. The second-order valence-corrected chi connectivity index (χ2v) is 7.81. The monoisotopic (exact) mass is 475 g/mol. The molecule has 0 bridgehead atoms. The zero-order valence-electron chi connectivity index (χ0n) is 17.9. The Bertz CT molecular complexity index is 1560. The zero-order valence-corrected chi connectivity index (χ0v) is 18.7. The Balaban J connectivity index is 1.40. The summed E-state index contributed by atoms with van der Waals surface area (Å²) in [5.74, 6) is 0.884. The molecular weight excluding hydrogens is 458 g/mol. The van der Waals surface area contributed by atoms with E-state index in [1.165, 1.54) is 10.6 Å². The molecule has 3 aromatic heterocycles. The van der Waals surface area contributed by atoms with Gasteiger partial charge in [0.25, 0.3) is 11.5 Å². The number of nitrogens with zero attached hydrogens (tertiary/aromatic N) is 5. The van der Waals surface area contributed by atoms with Crippen molar-refractivity contribution in [3.8, 4) is 17.1 Å². The molecule has 0 saturated heterocycles. The maximum atomic E-state index is 12.8. The highest BCUT2D eigenvalue weighted by Gasteiger charge is 2.18. The second-order valence-electron chi connectivity index (χ2n) is 7.40. The molecule has 0 radical (unpaired) electrons. The Morgan fingerprint density at radius 3 is 2.71 bits per heavy atom. The average molecular weight is 476 g/mol. The minimum atomic E-state index is -0.465. The van der Waals surface area contributed by atoms with Gasteiger partial charge in [-0.15, -0.1) is 5.10 Å². The van der Waals surface area contributed by atoms with Gasteiger partial charge in [0.05, 0.1) is 10.7 Å². The van der Waals surface area contributed by atoms with E-state index in [-0.39, 0.29) is 34.3 Å². The third kappa shape index (κ3) is 4.26. The van der Waals surface area contributed by atoms with Gasteiger partial charge in [0, 0.05) is 30.9 Å². The van der Waals surface area contributed by atoms with E-state index in [1.54, 1.807) is 42.2 Å². The summed E-state index contributed by atoms with van der Waals surface area (Å²) < 4.78 is 8.63. The Morgan fingerprint density at radius 2 is 1.94 bits per heavy atom. The van der Waals surface area contributed by atoms with E-state index >= 15 is 0 Å². The lowest BCUT2D eigenvalue weighted by atomic mass is 10.2. The second kappa shape index (κ2) is 8.83. The SMILES string of the molecule is Cn1ccc(NC(=O)c2c(Cl)cccc2OCc2cc(=O)n3nc(-c4ccccc4)nc3[nH]2)n1. The number of ether oxygens (including phenoxy) is 1. The molecule has 0 unspecified atom stereocenters. The molecule has 0 atom stereocenters. The number of nitrogens with one attached hydrogen (secondary N) is 2. The van der Waals surface area contributed by atoms with Crippen LogP contribution in [0.4, 0.5) is 5.82 Å². The van der Waals surface area contributed by atoms with Crippen molar-refractivity contribution in [2.24, 2.45) is 7.05 Å². The maximum absolute atomic E-state index is 12.8. The third-order valence-corrected chi connectivity index (χ3v) is 5.27. The number of aromatic amines is 1. The molecule has 10 nitrogen and oxygen atoms in total. The van der Waals surface area contributed by atoms with Gasteiger partial charge in [0.15, 0.2) is 11.6 Å². The number of H-pyrrole nitrogens is 1. The van der Waals surface area contributed by atoms with Crippen molar-refractivity contribution in [1.82, 2.24) is 29.4 Å². The van der Waals surface area contributed by atoms with Crippen molar-refractivity contribution in [2.45, 2.75) is 6.61 Å². The van der Waals surface area contributed by atoms with Crippen LogP contribution in [0.3, 0.4) is 0 Å². The minimum Gasteiger partial charge on any atom is -0.486 e. The number of aryl methyl sites for hydroxylation is 1. The van der Waals surface area contributed by atoms with Crippen LogP contribution in [0, 0.1) is 0 Å². The van der Waals surface area contributed by atoms with Crippen molar-refractivity contribution >= 4 is 29.1 Å². The minimum absolute atomic E-state index is 0.0243. The lowest BCUT2D eigenvalue weighted by Crippen LogP contribution is -2.17. The number of anilines is 1. The average Bonchev–Trinajstić information content (AvgIpc) is 3.44. The number of aromatic nitrogens is 6. The molecule has 34 heavy (non-hydrogen) atoms. The van der Waals surface area contributed by atoms with E-state index in [1.807, 2.05) is 30.3 Å². The smallest absolute Gasteiger partial charge is 0.276 e. The highest BCUT2D eigenvalue weighted by atomic mass is 35.5. The zero-order chi connectivity index (χ0) is 23.7. The van der Waals surface area contributed by atoms with Crippen LogP contribution >= 0.6 is 11.6 Å². The topological polar surface area (TPSA) is 119 Å². The van der Waals surface area contributed by atoms with Crippen LogP contribution < -0.4 is 15.6 Å².